The minimum Gasteiger partial charge on any atom is -0.367 e. The normalized spacial score (nSPS) is 15.7. The van der Waals surface area contributed by atoms with Crippen molar-refractivity contribution in [1.82, 2.24) is 0 Å². The largest absolute Gasteiger partial charge is 0.367 e. The second-order valence-electron chi connectivity index (χ2n) is 2.80. The summed E-state index contributed by atoms with van der Waals surface area (Å²) >= 11 is 6.88. The lowest BCUT2D eigenvalue weighted by atomic mass is 10.4. The minimum absolute atomic E-state index is 0.0914. The Morgan fingerprint density at radius 1 is 0.923 bits per heavy atom. The van der Waals surface area contributed by atoms with Crippen molar-refractivity contribution >= 4 is 31.9 Å². The van der Waals surface area contributed by atoms with Crippen LogP contribution in [0.2, 0.25) is 0 Å². The molecule has 0 rings (SSSR count). The number of halogens is 2. The van der Waals surface area contributed by atoms with Gasteiger partial charge in [-0.05, 0) is 12.8 Å². The highest BCUT2D eigenvalue weighted by Gasteiger charge is 2.11. The Kier molecular flexibility index (Phi) is 10.1. The first-order valence-electron chi connectivity index (χ1n) is 4.72. The molecule has 0 fully saturated rings. The van der Waals surface area contributed by atoms with Crippen LogP contribution in [0.15, 0.2) is 0 Å². The molecule has 0 aliphatic carbocycles. The molecule has 0 spiro atoms. The van der Waals surface area contributed by atoms with E-state index in [4.69, 9.17) is 9.47 Å². The number of alkyl halides is 2. The fraction of sp³-hybridized carbons (Fsp3) is 1.00. The van der Waals surface area contributed by atoms with Crippen LogP contribution in [-0.4, -0.2) is 23.2 Å². The fourth-order valence-corrected chi connectivity index (χ4v) is 2.33. The Hall–Kier alpha value is 0.880. The van der Waals surface area contributed by atoms with Crippen molar-refractivity contribution in [1.29, 1.82) is 0 Å². The third-order valence-corrected chi connectivity index (χ3v) is 2.65. The van der Waals surface area contributed by atoms with E-state index in [-0.39, 0.29) is 10.0 Å². The summed E-state index contributed by atoms with van der Waals surface area (Å²) in [5.74, 6) is 0. The zero-order chi connectivity index (χ0) is 10.1. The Labute approximate surface area is 97.6 Å². The van der Waals surface area contributed by atoms with Gasteiger partial charge in [0.05, 0.1) is 0 Å². The van der Waals surface area contributed by atoms with Gasteiger partial charge in [0, 0.05) is 19.6 Å². The van der Waals surface area contributed by atoms with Crippen LogP contribution >= 0.6 is 31.9 Å². The molecule has 0 bridgehead atoms. The molecule has 0 aliphatic rings. The quantitative estimate of drug-likeness (QED) is 0.636. The highest BCUT2D eigenvalue weighted by atomic mass is 79.9. The van der Waals surface area contributed by atoms with Crippen molar-refractivity contribution in [3.63, 3.8) is 0 Å². The van der Waals surface area contributed by atoms with Crippen LogP contribution in [0, 0.1) is 0 Å². The summed E-state index contributed by atoms with van der Waals surface area (Å²) in [5.41, 5.74) is 0. The third-order valence-electron chi connectivity index (χ3n) is 1.38. The molecule has 0 aromatic rings. The molecule has 0 aliphatic heterocycles. The molecule has 80 valence electrons. The SMILES string of the molecule is CCCOC(Br)CC(Br)OCCC. The molecular weight excluding hydrogens is 300 g/mol. The van der Waals surface area contributed by atoms with E-state index < -0.39 is 0 Å². The molecule has 0 amide bonds. The van der Waals surface area contributed by atoms with E-state index in [0.717, 1.165) is 32.5 Å². The van der Waals surface area contributed by atoms with Gasteiger partial charge in [0.1, 0.15) is 10.0 Å². The molecule has 0 radical (unpaired) electrons. The lowest BCUT2D eigenvalue weighted by molar-refractivity contribution is 0.0585. The Morgan fingerprint density at radius 2 is 1.31 bits per heavy atom. The maximum absolute atomic E-state index is 5.45. The molecule has 13 heavy (non-hydrogen) atoms. The van der Waals surface area contributed by atoms with Gasteiger partial charge in [0.2, 0.25) is 0 Å². The van der Waals surface area contributed by atoms with Gasteiger partial charge in [0.25, 0.3) is 0 Å². The summed E-state index contributed by atoms with van der Waals surface area (Å²) < 4.78 is 10.9. The molecule has 0 aromatic carbocycles. The van der Waals surface area contributed by atoms with Crippen LogP contribution in [0.25, 0.3) is 0 Å². The van der Waals surface area contributed by atoms with Gasteiger partial charge >= 0.3 is 0 Å². The summed E-state index contributed by atoms with van der Waals surface area (Å²) in [7, 11) is 0. The number of ether oxygens (including phenoxy) is 2. The van der Waals surface area contributed by atoms with Crippen molar-refractivity contribution in [2.24, 2.45) is 0 Å². The summed E-state index contributed by atoms with van der Waals surface area (Å²) in [6, 6.07) is 0. The first-order chi connectivity index (χ1) is 6.20. The van der Waals surface area contributed by atoms with Crippen molar-refractivity contribution in [2.75, 3.05) is 13.2 Å². The topological polar surface area (TPSA) is 18.5 Å². The maximum atomic E-state index is 5.45. The predicted molar refractivity (Wildman–Crippen MR) is 62.5 cm³/mol. The summed E-state index contributed by atoms with van der Waals surface area (Å²) in [6.45, 7) is 5.78. The van der Waals surface area contributed by atoms with Gasteiger partial charge in [-0.15, -0.1) is 0 Å². The maximum Gasteiger partial charge on any atom is 0.115 e. The average molecular weight is 318 g/mol. The monoisotopic (exact) mass is 316 g/mol. The van der Waals surface area contributed by atoms with Crippen LogP contribution < -0.4 is 0 Å². The molecule has 4 heteroatoms. The van der Waals surface area contributed by atoms with E-state index >= 15 is 0 Å². The summed E-state index contributed by atoms with van der Waals surface area (Å²) in [4.78, 5) is 0. The van der Waals surface area contributed by atoms with Crippen LogP contribution in [-0.2, 0) is 9.47 Å². The second kappa shape index (κ2) is 9.44. The van der Waals surface area contributed by atoms with E-state index in [2.05, 4.69) is 45.7 Å². The molecule has 2 unspecified atom stereocenters. The van der Waals surface area contributed by atoms with Gasteiger partial charge in [0.15, 0.2) is 0 Å². The molecule has 0 heterocycles. The first kappa shape index (κ1) is 13.9. The van der Waals surface area contributed by atoms with Crippen LogP contribution in [0.3, 0.4) is 0 Å². The Balaban J connectivity index is 3.35. The van der Waals surface area contributed by atoms with E-state index in [9.17, 15) is 0 Å². The van der Waals surface area contributed by atoms with Gasteiger partial charge in [-0.2, -0.15) is 0 Å². The van der Waals surface area contributed by atoms with E-state index in [1.807, 2.05) is 0 Å². The highest BCUT2D eigenvalue weighted by Crippen LogP contribution is 2.17. The van der Waals surface area contributed by atoms with Crippen molar-refractivity contribution < 1.29 is 9.47 Å². The molecular formula is C9H18Br2O2. The lowest BCUT2D eigenvalue weighted by Crippen LogP contribution is -2.14. The molecule has 0 saturated heterocycles. The van der Waals surface area contributed by atoms with Crippen LogP contribution in [0.5, 0.6) is 0 Å². The molecule has 2 atom stereocenters. The first-order valence-corrected chi connectivity index (χ1v) is 6.55. The summed E-state index contributed by atoms with van der Waals surface area (Å²) in [6.07, 6.45) is 2.93. The van der Waals surface area contributed by atoms with E-state index in [1.54, 1.807) is 0 Å². The van der Waals surface area contributed by atoms with Gasteiger partial charge in [-0.3, -0.25) is 0 Å². The number of hydrogen-bond acceptors (Lipinski definition) is 2. The highest BCUT2D eigenvalue weighted by molar-refractivity contribution is 9.10. The molecule has 0 N–H and O–H groups in total. The fourth-order valence-electron chi connectivity index (χ4n) is 0.773. The average Bonchev–Trinajstić information content (AvgIpc) is 2.11. The lowest BCUT2D eigenvalue weighted by Gasteiger charge is -2.15. The van der Waals surface area contributed by atoms with Crippen LogP contribution in [0.4, 0.5) is 0 Å². The number of rotatable bonds is 8. The second-order valence-corrected chi connectivity index (χ2v) is 4.84. The van der Waals surface area contributed by atoms with Crippen molar-refractivity contribution in [3.8, 4) is 0 Å². The van der Waals surface area contributed by atoms with Crippen LogP contribution in [0.1, 0.15) is 33.1 Å². The van der Waals surface area contributed by atoms with Gasteiger partial charge < -0.3 is 9.47 Å². The molecule has 2 nitrogen and oxygen atoms in total. The van der Waals surface area contributed by atoms with Gasteiger partial charge in [-0.25, -0.2) is 0 Å². The smallest absolute Gasteiger partial charge is 0.115 e. The van der Waals surface area contributed by atoms with Crippen molar-refractivity contribution in [3.05, 3.63) is 0 Å². The molecule has 0 aromatic heterocycles. The minimum atomic E-state index is 0.0914. The number of hydrogen-bond donors (Lipinski definition) is 0. The van der Waals surface area contributed by atoms with Crippen molar-refractivity contribution in [2.45, 2.75) is 43.1 Å². The predicted octanol–water partition coefficient (Wildman–Crippen LogP) is 3.67. The standard InChI is InChI=1S/C9H18Br2O2/c1-3-5-12-8(10)7-9(11)13-6-4-2/h8-9H,3-7H2,1-2H3. The zero-order valence-electron chi connectivity index (χ0n) is 8.26. The Morgan fingerprint density at radius 3 is 1.62 bits per heavy atom. The van der Waals surface area contributed by atoms with E-state index in [0.29, 0.717) is 0 Å². The van der Waals surface area contributed by atoms with E-state index in [1.165, 1.54) is 0 Å². The Bertz CT molecular complexity index is 99.8. The molecule has 0 saturated carbocycles. The summed E-state index contributed by atoms with van der Waals surface area (Å²) in [5, 5.41) is 0.183. The van der Waals surface area contributed by atoms with Gasteiger partial charge in [-0.1, -0.05) is 45.7 Å². The third kappa shape index (κ3) is 9.19. The zero-order valence-corrected chi connectivity index (χ0v) is 11.4.